The maximum absolute atomic E-state index is 12.9. The monoisotopic (exact) mass is 891 g/mol. The average molecular weight is 891 g/mol. The van der Waals surface area contributed by atoms with E-state index in [1.807, 2.05) is 27.2 Å². The Hall–Kier alpha value is -1.80. The number of aliphatic hydroxyl groups is 1. The zero-order chi connectivity index (χ0) is 45.7. The van der Waals surface area contributed by atoms with Crippen LogP contribution in [0, 0.1) is 0 Å². The van der Waals surface area contributed by atoms with Crippen LogP contribution < -0.4 is 10.2 Å². The maximum atomic E-state index is 12.9. The van der Waals surface area contributed by atoms with Crippen molar-refractivity contribution in [1.82, 2.24) is 5.32 Å². The Labute approximate surface area is 383 Å². The highest BCUT2D eigenvalue weighted by Gasteiger charge is 2.23. The average Bonchev–Trinajstić information content (AvgIpc) is 3.23. The molecule has 0 saturated carbocycles. The Morgan fingerprint density at radius 3 is 1.42 bits per heavy atom. The van der Waals surface area contributed by atoms with Crippen molar-refractivity contribution in [2.45, 2.75) is 231 Å². The number of amides is 1. The van der Waals surface area contributed by atoms with Gasteiger partial charge in [0.05, 0.1) is 39.9 Å². The molecule has 0 fully saturated rings. The first-order valence-electron chi connectivity index (χ1n) is 25.7. The van der Waals surface area contributed by atoms with Gasteiger partial charge >= 0.3 is 0 Å². The number of allylic oxidation sites excluding steroid dienone is 9. The first-order chi connectivity index (χ1) is 30.0. The minimum Gasteiger partial charge on any atom is -0.756 e. The minimum absolute atomic E-state index is 0.0126. The number of hydrogen-bond donors (Lipinski definition) is 2. The molecule has 0 bridgehead atoms. The van der Waals surface area contributed by atoms with Crippen LogP contribution in [0.25, 0.3) is 0 Å². The minimum atomic E-state index is -4.61. The fourth-order valence-electron chi connectivity index (χ4n) is 7.10. The van der Waals surface area contributed by atoms with Crippen molar-refractivity contribution in [3.8, 4) is 0 Å². The predicted molar refractivity (Wildman–Crippen MR) is 265 cm³/mol. The molecule has 62 heavy (non-hydrogen) atoms. The summed E-state index contributed by atoms with van der Waals surface area (Å²) in [7, 11) is 1.22. The van der Waals surface area contributed by atoms with Gasteiger partial charge in [0.1, 0.15) is 13.2 Å². The van der Waals surface area contributed by atoms with Gasteiger partial charge in [-0.3, -0.25) is 9.36 Å². The second kappa shape index (κ2) is 44.4. The van der Waals surface area contributed by atoms with Crippen LogP contribution in [-0.4, -0.2) is 68.5 Å². The fraction of sp³-hybridized carbons (Fsp3) is 0.792. The number of likely N-dealkylation sites (N-methyl/N-ethyl adjacent to an activating group) is 1. The second-order valence-electron chi connectivity index (χ2n) is 18.5. The Kier molecular flexibility index (Phi) is 43.1. The summed E-state index contributed by atoms with van der Waals surface area (Å²) in [6.45, 7) is 4.60. The summed E-state index contributed by atoms with van der Waals surface area (Å²) < 4.78 is 23.2. The number of aliphatic hydroxyl groups excluding tert-OH is 1. The van der Waals surface area contributed by atoms with Crippen molar-refractivity contribution in [2.24, 2.45) is 0 Å². The van der Waals surface area contributed by atoms with Crippen molar-refractivity contribution in [2.75, 3.05) is 40.9 Å². The largest absolute Gasteiger partial charge is 0.756 e. The molecule has 0 saturated heterocycles. The second-order valence-corrected chi connectivity index (χ2v) is 19.9. The van der Waals surface area contributed by atoms with Gasteiger partial charge in [-0.1, -0.05) is 197 Å². The van der Waals surface area contributed by atoms with Gasteiger partial charge in [0.15, 0.2) is 0 Å². The van der Waals surface area contributed by atoms with Gasteiger partial charge in [0.2, 0.25) is 5.91 Å². The van der Waals surface area contributed by atoms with Gasteiger partial charge < -0.3 is 28.8 Å². The van der Waals surface area contributed by atoms with E-state index in [1.54, 1.807) is 6.08 Å². The molecule has 0 aliphatic carbocycles. The molecule has 2 N–H and O–H groups in total. The number of unbranched alkanes of at least 4 members (excludes halogenated alkanes) is 25. The van der Waals surface area contributed by atoms with Crippen molar-refractivity contribution in [3.63, 3.8) is 0 Å². The van der Waals surface area contributed by atoms with Crippen LogP contribution in [0.2, 0.25) is 0 Å². The van der Waals surface area contributed by atoms with Gasteiger partial charge in [-0.05, 0) is 77.0 Å². The molecule has 0 aliphatic rings. The van der Waals surface area contributed by atoms with Gasteiger partial charge in [0.25, 0.3) is 7.82 Å². The van der Waals surface area contributed by atoms with E-state index in [1.165, 1.54) is 135 Å². The van der Waals surface area contributed by atoms with Crippen molar-refractivity contribution >= 4 is 13.7 Å². The van der Waals surface area contributed by atoms with Crippen LogP contribution in [-0.2, 0) is 18.4 Å². The predicted octanol–water partition coefficient (Wildman–Crippen LogP) is 14.3. The number of carbonyl (C=O) groups excluding carboxylic acids is 1. The van der Waals surface area contributed by atoms with Crippen molar-refractivity contribution in [3.05, 3.63) is 60.8 Å². The number of quaternary nitrogens is 1. The summed E-state index contributed by atoms with van der Waals surface area (Å²) >= 11 is 0. The van der Waals surface area contributed by atoms with E-state index in [0.717, 1.165) is 64.2 Å². The lowest BCUT2D eigenvalue weighted by atomic mass is 10.0. The summed E-state index contributed by atoms with van der Waals surface area (Å²) in [4.78, 5) is 25.4. The third-order valence-corrected chi connectivity index (χ3v) is 12.1. The number of nitrogens with one attached hydrogen (secondary N) is 1. The molecule has 0 rings (SSSR count). The first-order valence-corrected chi connectivity index (χ1v) is 27.1. The molecule has 362 valence electrons. The molecule has 0 aromatic carbocycles. The van der Waals surface area contributed by atoms with Crippen LogP contribution in [0.5, 0.6) is 0 Å². The number of nitrogens with zero attached hydrogens (tertiary/aromatic N) is 1. The van der Waals surface area contributed by atoms with E-state index >= 15 is 0 Å². The Balaban J connectivity index is 4.42. The lowest BCUT2D eigenvalue weighted by molar-refractivity contribution is -0.870. The van der Waals surface area contributed by atoms with E-state index in [0.29, 0.717) is 17.4 Å². The van der Waals surface area contributed by atoms with Gasteiger partial charge in [-0.15, -0.1) is 0 Å². The molecule has 1 amide bonds. The molecular formula is C53H99N2O6P. The number of phosphoric ester groups is 1. The molecule has 0 aliphatic heterocycles. The summed E-state index contributed by atoms with van der Waals surface area (Å²) in [5.41, 5.74) is 0. The summed E-state index contributed by atoms with van der Waals surface area (Å²) in [6.07, 6.45) is 58.5. The standard InChI is InChI=1S/C53H99N2O6P/c1-6-8-10-12-14-16-18-20-22-24-26-27-28-29-30-32-34-36-38-40-42-44-46-52(56)51(50-61-62(58,59)60-49-48-55(3,4)5)54-53(57)47-45-43-41-39-37-35-33-31-25-23-21-19-17-15-13-11-9-7-2/h17,19,23,25,29-30,36,38,44,46,51-52,56H,6-16,18,20-22,24,26-28,31-35,37,39-43,45,47-50H2,1-5H3,(H-,54,57,58,59)/b19-17-,25-23-,30-29+,38-36+,46-44+. The molecule has 0 heterocycles. The first kappa shape index (κ1) is 60.2. The topological polar surface area (TPSA) is 108 Å². The SMILES string of the molecule is CCCCCC/C=C\C/C=C\CCCCCCCCCC(=O)NC(COP(=O)([O-])OCC[N+](C)(C)C)C(O)/C=C/CC/C=C/CC/C=C/CCCCCCCCCCCCCC. The number of carbonyl (C=O) groups is 1. The summed E-state index contributed by atoms with van der Waals surface area (Å²) in [5.74, 6) is -0.220. The van der Waals surface area contributed by atoms with Crippen LogP contribution in [0.15, 0.2) is 60.8 Å². The van der Waals surface area contributed by atoms with E-state index in [4.69, 9.17) is 9.05 Å². The number of phosphoric acid groups is 1. The molecule has 9 heteroatoms. The molecule has 0 spiro atoms. The van der Waals surface area contributed by atoms with Gasteiger partial charge in [-0.2, -0.15) is 0 Å². The Morgan fingerprint density at radius 2 is 0.952 bits per heavy atom. The lowest BCUT2D eigenvalue weighted by Crippen LogP contribution is -2.45. The van der Waals surface area contributed by atoms with E-state index in [-0.39, 0.29) is 12.5 Å². The molecular weight excluding hydrogens is 792 g/mol. The van der Waals surface area contributed by atoms with Crippen LogP contribution >= 0.6 is 7.82 Å². The van der Waals surface area contributed by atoms with Crippen molar-refractivity contribution in [1.29, 1.82) is 0 Å². The van der Waals surface area contributed by atoms with Gasteiger partial charge in [0, 0.05) is 6.42 Å². The summed E-state index contributed by atoms with van der Waals surface area (Å²) in [6, 6.07) is -0.916. The zero-order valence-electron chi connectivity index (χ0n) is 41.1. The number of rotatable bonds is 46. The number of hydrogen-bond acceptors (Lipinski definition) is 6. The van der Waals surface area contributed by atoms with E-state index in [9.17, 15) is 19.4 Å². The van der Waals surface area contributed by atoms with Crippen LogP contribution in [0.1, 0.15) is 219 Å². The molecule has 3 atom stereocenters. The quantitative estimate of drug-likeness (QED) is 0.0273. The van der Waals surface area contributed by atoms with Crippen LogP contribution in [0.4, 0.5) is 0 Å². The maximum Gasteiger partial charge on any atom is 0.268 e. The third-order valence-electron chi connectivity index (χ3n) is 11.2. The zero-order valence-corrected chi connectivity index (χ0v) is 42.0. The van der Waals surface area contributed by atoms with E-state index < -0.39 is 26.6 Å². The highest BCUT2D eigenvalue weighted by Crippen LogP contribution is 2.38. The molecule has 0 radical (unpaired) electrons. The molecule has 0 aromatic rings. The Morgan fingerprint density at radius 1 is 0.565 bits per heavy atom. The van der Waals surface area contributed by atoms with Gasteiger partial charge in [-0.25, -0.2) is 0 Å². The van der Waals surface area contributed by atoms with Crippen LogP contribution in [0.3, 0.4) is 0 Å². The third kappa shape index (κ3) is 46.2. The smallest absolute Gasteiger partial charge is 0.268 e. The highest BCUT2D eigenvalue weighted by molar-refractivity contribution is 7.45. The summed E-state index contributed by atoms with van der Waals surface area (Å²) in [5, 5.41) is 13.8. The normalized spacial score (nSPS) is 14.6. The fourth-order valence-corrected chi connectivity index (χ4v) is 7.82. The molecule has 0 aromatic heterocycles. The lowest BCUT2D eigenvalue weighted by Gasteiger charge is -2.29. The van der Waals surface area contributed by atoms with Crippen molar-refractivity contribution < 1.29 is 32.9 Å². The highest BCUT2D eigenvalue weighted by atomic mass is 31.2. The van der Waals surface area contributed by atoms with E-state index in [2.05, 4.69) is 67.8 Å². The molecule has 8 nitrogen and oxygen atoms in total. The Bertz CT molecular complexity index is 1190. The molecule has 3 unspecified atom stereocenters.